The SMILES string of the molecule is CC#N.CC(C)(C)N1C[PH+](C2CCCCC2)CN(C(C)(C)C)C[PH+](C2CCCCC2)C1.CC(C)(C)N1C[PH+](C2CCCCC2)CN(C(C)(C)C)C[PH+](C2CCCCC2)C1.CC(C)(C)N1C[PH+](C2CCCCC2)CN(C(C)(C)C)C[PH+](C2CCCCC2)C1.CC(C)(C)N1C[PH+](C2CCCCC2)CN(C(C)(C)C)C[PH+](C2CCCCC2)C1.F[B-](F)(F)F.F[B-](F)(F)F.F[B-](F)(F)F.F[B-](F)(F)F.[Ni+2].[Ni+2]. The Balaban J connectivity index is 0.000000569. The van der Waals surface area contributed by atoms with Gasteiger partial charge in [0.05, 0.1) is 51.3 Å². The van der Waals surface area contributed by atoms with Crippen LogP contribution in [-0.4, -0.2) is 258 Å². The summed E-state index contributed by atoms with van der Waals surface area (Å²) in [5.41, 5.74) is 11.3. The van der Waals surface area contributed by atoms with Gasteiger partial charge in [0.15, 0.2) is 0 Å². The summed E-state index contributed by atoms with van der Waals surface area (Å²) >= 11 is 0. The number of nitriles is 1. The van der Waals surface area contributed by atoms with Crippen molar-refractivity contribution in [3.8, 4) is 6.07 Å². The average Bonchev–Trinajstić information content (AvgIpc) is 0.810. The maximum Gasteiger partial charge on any atom is 2.00 e. The standard InChI is InChI=1S/4C24H48N2P2.C2H3N.4BF4.2Ni/c4*1-23(2,3)25-17-27(21-13-9-7-10-14-21)19-26(24(4,5)6)20-28(18-25)22-15-11-8-12-16-22;1-2-3;4*2-1(3,4)5;;/h4*21-22H,7-20H2,1-6H3;1H3;;;;;;/q;;;;;4*-1;2*+2/p+8. The molecule has 4 aliphatic heterocycles. The third-order valence-electron chi connectivity index (χ3n) is 31.4. The second-order valence-electron chi connectivity index (χ2n) is 50.4. The number of hydrogen-bond acceptors (Lipinski definition) is 9. The molecule has 0 aromatic heterocycles. The third kappa shape index (κ3) is 58.4. The van der Waals surface area contributed by atoms with Crippen molar-refractivity contribution in [3.05, 3.63) is 0 Å². The van der Waals surface area contributed by atoms with Crippen LogP contribution in [0.1, 0.15) is 430 Å². The Morgan fingerprint density at radius 3 is 0.285 bits per heavy atom. The Kier molecular flexibility index (Phi) is 62.9. The van der Waals surface area contributed by atoms with Crippen LogP contribution in [-0.2, 0) is 33.0 Å². The van der Waals surface area contributed by atoms with Crippen LogP contribution in [0.15, 0.2) is 0 Å². The molecule has 9 nitrogen and oxygen atoms in total. The van der Waals surface area contributed by atoms with Gasteiger partial charge >= 0.3 is 62.0 Å². The van der Waals surface area contributed by atoms with E-state index in [1.54, 1.807) is 6.07 Å². The first-order valence-electron chi connectivity index (χ1n) is 53.6. The summed E-state index contributed by atoms with van der Waals surface area (Å²) < 4.78 is 156. The molecule has 0 aromatic carbocycles. The van der Waals surface area contributed by atoms with Gasteiger partial charge in [-0.1, -0.05) is 51.4 Å². The summed E-state index contributed by atoms with van der Waals surface area (Å²) in [6.45, 7) is 61.4. The van der Waals surface area contributed by atoms with Crippen molar-refractivity contribution in [1.29, 1.82) is 5.26 Å². The van der Waals surface area contributed by atoms with E-state index in [-0.39, 0.29) is 96.4 Å². The molecule has 8 aliphatic carbocycles. The molecule has 12 aliphatic rings. The van der Waals surface area contributed by atoms with Crippen LogP contribution in [0.25, 0.3) is 0 Å². The zero-order valence-electron chi connectivity index (χ0n) is 90.7. The van der Waals surface area contributed by atoms with Gasteiger partial charge in [0, 0.05) is 115 Å². The summed E-state index contributed by atoms with van der Waals surface area (Å²) in [5.74, 6) is 0. The van der Waals surface area contributed by atoms with Gasteiger partial charge in [-0.3, -0.25) is 0 Å². The van der Waals surface area contributed by atoms with Crippen LogP contribution >= 0.6 is 63.4 Å². The zero-order valence-corrected chi connectivity index (χ0v) is 101. The molecule has 0 atom stereocenters. The summed E-state index contributed by atoms with van der Waals surface area (Å²) in [5, 5.41) is 7.32. The maximum atomic E-state index is 9.75. The van der Waals surface area contributed by atoms with E-state index in [4.69, 9.17) is 5.26 Å². The van der Waals surface area contributed by atoms with Gasteiger partial charge in [-0.05, 0) is 372 Å². The predicted octanol–water partition coefficient (Wildman–Crippen LogP) is 34.2. The average molecular weight is 2220 g/mol. The van der Waals surface area contributed by atoms with Crippen molar-refractivity contribution in [2.24, 2.45) is 0 Å². The molecular formula is C98H203B4F16N9Ni2P8+8. The quantitative estimate of drug-likeness (QED) is 0.134. The summed E-state index contributed by atoms with van der Waals surface area (Å²) in [6.07, 6.45) is 83.7. The first-order valence-corrected chi connectivity index (χ1v) is 69.5. The van der Waals surface area contributed by atoms with E-state index in [0.29, 0.717) is 44.3 Å². The van der Waals surface area contributed by atoms with Crippen LogP contribution in [0.2, 0.25) is 0 Å². The number of hydrogen-bond donors (Lipinski definition) is 0. The molecule has 4 heterocycles. The van der Waals surface area contributed by atoms with Gasteiger partial charge in [-0.25, -0.2) is 39.2 Å². The maximum absolute atomic E-state index is 9.75. The number of rotatable bonds is 8. The molecule has 0 spiro atoms. The molecule has 0 bridgehead atoms. The number of halogens is 16. The Bertz CT molecular complexity index is 2540. The molecule has 137 heavy (non-hydrogen) atoms. The van der Waals surface area contributed by atoms with Crippen molar-refractivity contribution in [2.75, 3.05) is 101 Å². The van der Waals surface area contributed by atoms with Crippen LogP contribution in [0, 0.1) is 11.3 Å². The fraction of sp³-hybridized carbons (Fsp3) is 0.990. The molecule has 39 heteroatoms. The van der Waals surface area contributed by atoms with Crippen molar-refractivity contribution in [3.63, 3.8) is 0 Å². The van der Waals surface area contributed by atoms with Crippen LogP contribution in [0.5, 0.6) is 0 Å². The van der Waals surface area contributed by atoms with E-state index in [0.717, 1.165) is 45.3 Å². The molecule has 0 N–H and O–H groups in total. The van der Waals surface area contributed by atoms with Gasteiger partial charge in [0.2, 0.25) is 0 Å². The predicted molar refractivity (Wildman–Crippen MR) is 584 cm³/mol. The molecule has 4 saturated heterocycles. The number of nitrogens with zero attached hydrogens (tertiary/aromatic N) is 9. The first kappa shape index (κ1) is 136. The molecular weight excluding hydrogens is 2020 g/mol. The molecule has 0 amide bonds. The molecule has 12 rings (SSSR count). The van der Waals surface area contributed by atoms with Crippen LogP contribution in [0.4, 0.5) is 69.1 Å². The Morgan fingerprint density at radius 2 is 0.234 bits per heavy atom. The van der Waals surface area contributed by atoms with Gasteiger partial charge < -0.3 is 69.1 Å². The minimum absolute atomic E-state index is 0. The van der Waals surface area contributed by atoms with Crippen molar-refractivity contribution in [2.45, 2.75) is 520 Å². The van der Waals surface area contributed by atoms with Gasteiger partial charge in [0.1, 0.15) is 101 Å². The van der Waals surface area contributed by atoms with Gasteiger partial charge in [-0.15, -0.1) is 0 Å². The Hall–Kier alpha value is 2.74. The van der Waals surface area contributed by atoms with Crippen molar-refractivity contribution in [1.82, 2.24) is 39.2 Å². The molecule has 0 radical (unpaired) electrons. The van der Waals surface area contributed by atoms with E-state index in [9.17, 15) is 69.1 Å². The Labute approximate surface area is 859 Å². The Morgan fingerprint density at radius 1 is 0.175 bits per heavy atom. The summed E-state index contributed by atoms with van der Waals surface area (Å²) in [7, 11) is -26.8. The second kappa shape index (κ2) is 63.4. The molecule has 0 aromatic rings. The normalized spacial score (nSPS) is 27.6. The van der Waals surface area contributed by atoms with Gasteiger partial charge in [-0.2, -0.15) is 5.26 Å². The third-order valence-corrected chi connectivity index (χ3v) is 57.8. The molecule has 8 saturated carbocycles. The topological polar surface area (TPSA) is 49.7 Å². The van der Waals surface area contributed by atoms with E-state index in [2.05, 4.69) is 205 Å². The van der Waals surface area contributed by atoms with Crippen molar-refractivity contribution >= 4 is 92.4 Å². The van der Waals surface area contributed by atoms with E-state index >= 15 is 0 Å². The zero-order chi connectivity index (χ0) is 102. The van der Waals surface area contributed by atoms with Gasteiger partial charge in [0.25, 0.3) is 0 Å². The minimum atomic E-state index is -6.00. The smallest absolute Gasteiger partial charge is 0.418 e. The fourth-order valence-electron chi connectivity index (χ4n) is 22.7. The second-order valence-corrected chi connectivity index (χ2v) is 72.5. The molecule has 0 unspecified atom stereocenters. The first-order chi connectivity index (χ1) is 62.0. The fourth-order valence-corrected chi connectivity index (χ4v) is 56.5. The van der Waals surface area contributed by atoms with E-state index < -0.39 is 29.0 Å². The largest absolute Gasteiger partial charge is 2.00 e. The monoisotopic (exact) mass is 2220 g/mol. The van der Waals surface area contributed by atoms with Crippen LogP contribution < -0.4 is 0 Å². The van der Waals surface area contributed by atoms with E-state index in [1.807, 2.05) is 0 Å². The van der Waals surface area contributed by atoms with Crippen molar-refractivity contribution < 1.29 is 102 Å². The summed E-state index contributed by atoms with van der Waals surface area (Å²) in [6, 6.07) is 1.75. The molecule has 12 fully saturated rings. The molecule has 816 valence electrons. The minimum Gasteiger partial charge on any atom is -0.418 e. The van der Waals surface area contributed by atoms with E-state index in [1.165, 1.54) is 364 Å². The van der Waals surface area contributed by atoms with Crippen LogP contribution in [0.3, 0.4) is 0 Å². The summed E-state index contributed by atoms with van der Waals surface area (Å²) in [4.78, 5) is 24.0.